The topological polar surface area (TPSA) is 43.4 Å². The van der Waals surface area contributed by atoms with Gasteiger partial charge in [0.2, 0.25) is 9.84 Å². The van der Waals surface area contributed by atoms with Crippen molar-refractivity contribution in [3.8, 4) is 5.75 Å². The van der Waals surface area contributed by atoms with E-state index < -0.39 is 9.84 Å². The van der Waals surface area contributed by atoms with Crippen LogP contribution in [0.25, 0.3) is 0 Å². The Morgan fingerprint density at radius 2 is 1.35 bits per heavy atom. The predicted octanol–water partition coefficient (Wildman–Crippen LogP) is 2.50. The Hall–Kier alpha value is -1.81. The van der Waals surface area contributed by atoms with E-state index in [0.29, 0.717) is 5.75 Å². The van der Waals surface area contributed by atoms with Crippen molar-refractivity contribution >= 4 is 9.84 Å². The van der Waals surface area contributed by atoms with Crippen LogP contribution in [-0.4, -0.2) is 14.4 Å². The molecule has 0 spiro atoms. The summed E-state index contributed by atoms with van der Waals surface area (Å²) in [4.78, 5) is 0.274. The molecule has 0 aliphatic rings. The van der Waals surface area contributed by atoms with Crippen LogP contribution in [-0.2, 0) is 9.84 Å². The van der Waals surface area contributed by atoms with Crippen molar-refractivity contribution in [2.45, 2.75) is 4.90 Å². The Morgan fingerprint density at radius 3 is 1.94 bits per heavy atom. The van der Waals surface area contributed by atoms with E-state index in [4.69, 9.17) is 4.74 Å². The smallest absolute Gasteiger partial charge is 0.213 e. The molecule has 0 atom stereocenters. The van der Waals surface area contributed by atoms with Gasteiger partial charge in [0, 0.05) is 0 Å². The maximum absolute atomic E-state index is 11.9. The standard InChI is InChI=1S/C13H12O3S/c14-17(15,13-9-5-2-6-10-13)11-16-12-7-3-1-4-8-12/h1-10H,11H2. The quantitative estimate of drug-likeness (QED) is 0.835. The highest BCUT2D eigenvalue weighted by atomic mass is 32.2. The highest BCUT2D eigenvalue weighted by Crippen LogP contribution is 2.14. The van der Waals surface area contributed by atoms with Crippen LogP contribution in [0.5, 0.6) is 5.75 Å². The summed E-state index contributed by atoms with van der Waals surface area (Å²) in [7, 11) is -3.38. The maximum atomic E-state index is 11.9. The van der Waals surface area contributed by atoms with Gasteiger partial charge in [0.25, 0.3) is 0 Å². The zero-order valence-electron chi connectivity index (χ0n) is 9.11. The summed E-state index contributed by atoms with van der Waals surface area (Å²) in [6.07, 6.45) is 0. The summed E-state index contributed by atoms with van der Waals surface area (Å²) in [6, 6.07) is 17.2. The molecule has 4 heteroatoms. The zero-order valence-corrected chi connectivity index (χ0v) is 9.93. The molecule has 2 rings (SSSR count). The first-order valence-corrected chi connectivity index (χ1v) is 6.79. The molecule has 2 aromatic rings. The van der Waals surface area contributed by atoms with E-state index in [0.717, 1.165) is 0 Å². The Morgan fingerprint density at radius 1 is 0.824 bits per heavy atom. The van der Waals surface area contributed by atoms with Crippen LogP contribution in [0.1, 0.15) is 0 Å². The van der Waals surface area contributed by atoms with Gasteiger partial charge in [-0.2, -0.15) is 0 Å². The summed E-state index contributed by atoms with van der Waals surface area (Å²) < 4.78 is 29.0. The van der Waals surface area contributed by atoms with Gasteiger partial charge < -0.3 is 4.74 Å². The molecule has 17 heavy (non-hydrogen) atoms. The van der Waals surface area contributed by atoms with Crippen LogP contribution < -0.4 is 4.74 Å². The van der Waals surface area contributed by atoms with Gasteiger partial charge in [-0.05, 0) is 24.3 Å². The molecule has 0 aliphatic carbocycles. The SMILES string of the molecule is O=S(=O)(COc1ccccc1)c1ccccc1. The van der Waals surface area contributed by atoms with Crippen LogP contribution in [0.4, 0.5) is 0 Å². The van der Waals surface area contributed by atoms with Crippen LogP contribution in [0.15, 0.2) is 65.6 Å². The molecule has 88 valence electrons. The van der Waals surface area contributed by atoms with Gasteiger partial charge in [0.15, 0.2) is 5.94 Å². The fourth-order valence-electron chi connectivity index (χ4n) is 1.36. The lowest BCUT2D eigenvalue weighted by molar-refractivity contribution is 0.376. The fraction of sp³-hybridized carbons (Fsp3) is 0.0769. The Kier molecular flexibility index (Phi) is 3.44. The van der Waals surface area contributed by atoms with E-state index >= 15 is 0 Å². The molecule has 0 radical (unpaired) electrons. The van der Waals surface area contributed by atoms with Crippen LogP contribution in [0, 0.1) is 0 Å². The number of para-hydroxylation sites is 1. The van der Waals surface area contributed by atoms with Gasteiger partial charge in [0.05, 0.1) is 4.90 Å². The predicted molar refractivity (Wildman–Crippen MR) is 65.6 cm³/mol. The summed E-state index contributed by atoms with van der Waals surface area (Å²) in [5.41, 5.74) is 0. The molecule has 0 amide bonds. The largest absolute Gasteiger partial charge is 0.477 e. The highest BCUT2D eigenvalue weighted by molar-refractivity contribution is 7.91. The minimum Gasteiger partial charge on any atom is -0.477 e. The molecule has 0 saturated heterocycles. The molecule has 0 fully saturated rings. The van der Waals surface area contributed by atoms with Crippen molar-refractivity contribution in [1.82, 2.24) is 0 Å². The maximum Gasteiger partial charge on any atom is 0.213 e. The van der Waals surface area contributed by atoms with E-state index in [2.05, 4.69) is 0 Å². The summed E-state index contributed by atoms with van der Waals surface area (Å²) in [6.45, 7) is 0. The second-order valence-corrected chi connectivity index (χ2v) is 5.44. The lowest BCUT2D eigenvalue weighted by atomic mass is 10.3. The molecule has 0 saturated carbocycles. The van der Waals surface area contributed by atoms with Crippen molar-refractivity contribution in [1.29, 1.82) is 0 Å². The number of hydrogen-bond donors (Lipinski definition) is 0. The van der Waals surface area contributed by atoms with Crippen molar-refractivity contribution in [2.75, 3.05) is 5.94 Å². The Bertz CT molecular complexity index is 562. The monoisotopic (exact) mass is 248 g/mol. The van der Waals surface area contributed by atoms with Crippen molar-refractivity contribution < 1.29 is 13.2 Å². The lowest BCUT2D eigenvalue weighted by Gasteiger charge is -2.06. The molecular formula is C13H12O3S. The highest BCUT2D eigenvalue weighted by Gasteiger charge is 2.14. The molecule has 0 unspecified atom stereocenters. The normalized spacial score (nSPS) is 11.1. The first-order chi connectivity index (χ1) is 8.18. The third-order valence-electron chi connectivity index (χ3n) is 2.23. The average molecular weight is 248 g/mol. The summed E-state index contributed by atoms with van der Waals surface area (Å²) in [5, 5.41) is 0. The van der Waals surface area contributed by atoms with Gasteiger partial charge in [-0.3, -0.25) is 0 Å². The fourth-order valence-corrected chi connectivity index (χ4v) is 2.36. The van der Waals surface area contributed by atoms with Gasteiger partial charge >= 0.3 is 0 Å². The first kappa shape index (κ1) is 11.7. The number of hydrogen-bond acceptors (Lipinski definition) is 3. The van der Waals surface area contributed by atoms with Crippen LogP contribution >= 0.6 is 0 Å². The molecule has 0 bridgehead atoms. The van der Waals surface area contributed by atoms with E-state index in [9.17, 15) is 8.42 Å². The van der Waals surface area contributed by atoms with Crippen molar-refractivity contribution in [3.63, 3.8) is 0 Å². The number of sulfone groups is 1. The molecule has 0 N–H and O–H groups in total. The van der Waals surface area contributed by atoms with Crippen LogP contribution in [0.2, 0.25) is 0 Å². The van der Waals surface area contributed by atoms with E-state index in [1.165, 1.54) is 0 Å². The van der Waals surface area contributed by atoms with Crippen LogP contribution in [0.3, 0.4) is 0 Å². The van der Waals surface area contributed by atoms with Crippen molar-refractivity contribution in [3.05, 3.63) is 60.7 Å². The molecule has 3 nitrogen and oxygen atoms in total. The minimum atomic E-state index is -3.38. The molecule has 2 aromatic carbocycles. The summed E-state index contributed by atoms with van der Waals surface area (Å²) in [5.74, 6) is 0.202. The second kappa shape index (κ2) is 5.01. The van der Waals surface area contributed by atoms with E-state index in [1.54, 1.807) is 54.6 Å². The van der Waals surface area contributed by atoms with Gasteiger partial charge in [-0.15, -0.1) is 0 Å². The van der Waals surface area contributed by atoms with E-state index in [-0.39, 0.29) is 10.8 Å². The third kappa shape index (κ3) is 3.07. The third-order valence-corrected chi connectivity index (χ3v) is 3.64. The van der Waals surface area contributed by atoms with E-state index in [1.807, 2.05) is 6.07 Å². The zero-order chi connectivity index (χ0) is 12.1. The molecule has 0 aliphatic heterocycles. The Labute approximate surface area is 101 Å². The second-order valence-electron chi connectivity index (χ2n) is 3.50. The lowest BCUT2D eigenvalue weighted by Crippen LogP contribution is -2.12. The number of benzene rings is 2. The summed E-state index contributed by atoms with van der Waals surface area (Å²) >= 11 is 0. The minimum absolute atomic E-state index is 0.274. The van der Waals surface area contributed by atoms with Crippen molar-refractivity contribution in [2.24, 2.45) is 0 Å². The number of rotatable bonds is 4. The molecule has 0 heterocycles. The molecule has 0 aromatic heterocycles. The first-order valence-electron chi connectivity index (χ1n) is 5.14. The molecular weight excluding hydrogens is 236 g/mol. The number of ether oxygens (including phenoxy) is 1. The van der Waals surface area contributed by atoms with Gasteiger partial charge in [-0.1, -0.05) is 36.4 Å². The van der Waals surface area contributed by atoms with Gasteiger partial charge in [0.1, 0.15) is 5.75 Å². The van der Waals surface area contributed by atoms with Gasteiger partial charge in [-0.25, -0.2) is 8.42 Å². The average Bonchev–Trinajstić information content (AvgIpc) is 2.39. The Balaban J connectivity index is 2.09.